The molecule has 1 aliphatic rings. The van der Waals surface area contributed by atoms with Crippen molar-refractivity contribution in [3.63, 3.8) is 0 Å². The number of rotatable bonds is 4. The number of nitrogens with one attached hydrogen (secondary N) is 1. The molecule has 0 spiro atoms. The van der Waals surface area contributed by atoms with Crippen LogP contribution < -0.4 is 10.1 Å². The fourth-order valence-corrected chi connectivity index (χ4v) is 3.37. The average Bonchev–Trinajstić information content (AvgIpc) is 2.96. The first-order valence-electron chi connectivity index (χ1n) is 8.76. The molecule has 7 heteroatoms. The zero-order valence-electron chi connectivity index (χ0n) is 15.3. The fourth-order valence-electron chi connectivity index (χ4n) is 3.37. The summed E-state index contributed by atoms with van der Waals surface area (Å²) in [4.78, 5) is 21.2. The number of nitrogens with zero attached hydrogens (tertiary/aromatic N) is 2. The van der Waals surface area contributed by atoms with Crippen molar-refractivity contribution >= 4 is 5.91 Å². The number of benzene rings is 1. The van der Waals surface area contributed by atoms with Gasteiger partial charge < -0.3 is 10.1 Å². The van der Waals surface area contributed by atoms with Gasteiger partial charge in [0.15, 0.2) is 0 Å². The molecule has 0 saturated carbocycles. The zero-order valence-corrected chi connectivity index (χ0v) is 15.3. The van der Waals surface area contributed by atoms with Crippen LogP contribution >= 0.6 is 0 Å². The van der Waals surface area contributed by atoms with E-state index < -0.39 is 11.6 Å². The first-order chi connectivity index (χ1) is 13.5. The van der Waals surface area contributed by atoms with Gasteiger partial charge in [-0.25, -0.2) is 13.8 Å². The Labute approximate surface area is 160 Å². The van der Waals surface area contributed by atoms with E-state index in [1.807, 2.05) is 0 Å². The number of carbonyl (C=O) groups is 1. The predicted octanol–water partition coefficient (Wildman–Crippen LogP) is 3.83. The Balaban J connectivity index is 1.86. The molecule has 4 rings (SSSR count). The van der Waals surface area contributed by atoms with E-state index in [2.05, 4.69) is 15.3 Å². The summed E-state index contributed by atoms with van der Waals surface area (Å²) in [7, 11) is 1.55. The second kappa shape index (κ2) is 6.99. The molecule has 1 aliphatic heterocycles. The summed E-state index contributed by atoms with van der Waals surface area (Å²) in [6.07, 6.45) is 1.90. The van der Waals surface area contributed by atoms with Crippen molar-refractivity contribution in [1.29, 1.82) is 0 Å². The summed E-state index contributed by atoms with van der Waals surface area (Å²) in [6.45, 7) is 1.79. The van der Waals surface area contributed by atoms with E-state index in [-0.39, 0.29) is 23.2 Å². The highest BCUT2D eigenvalue weighted by Gasteiger charge is 2.31. The highest BCUT2D eigenvalue weighted by atomic mass is 19.1. The fraction of sp³-hybridized carbons (Fsp3) is 0.190. The van der Waals surface area contributed by atoms with E-state index in [4.69, 9.17) is 4.74 Å². The molecule has 1 atom stereocenters. The van der Waals surface area contributed by atoms with Crippen LogP contribution in [-0.4, -0.2) is 23.0 Å². The van der Waals surface area contributed by atoms with Gasteiger partial charge in [-0.1, -0.05) is 6.07 Å². The van der Waals surface area contributed by atoms with Gasteiger partial charge in [0.25, 0.3) is 5.91 Å². The maximum absolute atomic E-state index is 14.3. The molecule has 1 aromatic carbocycles. The summed E-state index contributed by atoms with van der Waals surface area (Å²) in [5, 5.41) is 2.81. The molecule has 3 aromatic rings. The third-order valence-corrected chi connectivity index (χ3v) is 4.74. The number of fused-ring (bicyclic) bond motifs is 1. The van der Waals surface area contributed by atoms with Crippen LogP contribution in [0.25, 0.3) is 11.3 Å². The summed E-state index contributed by atoms with van der Waals surface area (Å²) in [5.74, 6) is -1.04. The lowest BCUT2D eigenvalue weighted by atomic mass is 9.97. The number of amides is 1. The number of aromatic nitrogens is 2. The molecule has 1 N–H and O–H groups in total. The van der Waals surface area contributed by atoms with Gasteiger partial charge in [0.1, 0.15) is 17.4 Å². The Morgan fingerprint density at radius 1 is 1.14 bits per heavy atom. The minimum atomic E-state index is -0.703. The van der Waals surface area contributed by atoms with Gasteiger partial charge in [-0.3, -0.25) is 9.78 Å². The molecule has 0 aliphatic carbocycles. The van der Waals surface area contributed by atoms with Crippen LogP contribution in [0.5, 0.6) is 5.75 Å². The predicted molar refractivity (Wildman–Crippen MR) is 99.1 cm³/mol. The van der Waals surface area contributed by atoms with Gasteiger partial charge in [-0.2, -0.15) is 0 Å². The molecule has 0 radical (unpaired) electrons. The van der Waals surface area contributed by atoms with Crippen molar-refractivity contribution in [2.24, 2.45) is 0 Å². The van der Waals surface area contributed by atoms with E-state index in [1.165, 1.54) is 18.2 Å². The Morgan fingerprint density at radius 2 is 1.89 bits per heavy atom. The molecule has 0 fully saturated rings. The molecular weight excluding hydrogens is 364 g/mol. The normalized spacial score (nSPS) is 15.3. The third kappa shape index (κ3) is 3.09. The number of ether oxygens (including phenoxy) is 1. The molecule has 5 nitrogen and oxygen atoms in total. The Kier molecular flexibility index (Phi) is 4.50. The van der Waals surface area contributed by atoms with Crippen molar-refractivity contribution in [3.05, 3.63) is 76.7 Å². The van der Waals surface area contributed by atoms with Crippen molar-refractivity contribution in [1.82, 2.24) is 15.3 Å². The third-order valence-electron chi connectivity index (χ3n) is 4.74. The lowest BCUT2D eigenvalue weighted by Crippen LogP contribution is -2.17. The molecule has 0 saturated heterocycles. The van der Waals surface area contributed by atoms with Crippen LogP contribution in [0, 0.1) is 11.6 Å². The van der Waals surface area contributed by atoms with Crippen LogP contribution in [-0.2, 0) is 6.42 Å². The van der Waals surface area contributed by atoms with E-state index >= 15 is 0 Å². The van der Waals surface area contributed by atoms with Gasteiger partial charge in [-0.05, 0) is 42.8 Å². The molecule has 28 heavy (non-hydrogen) atoms. The van der Waals surface area contributed by atoms with E-state index in [9.17, 15) is 13.6 Å². The largest absolute Gasteiger partial charge is 0.495 e. The SMILES string of the molecule is COc1ccc(Cc2cc(-c3c(F)cccc3F)nc3c2C(=O)N[C@@H]3C)nc1. The molecular formula is C21H17F2N3O2. The Bertz CT molecular complexity index is 1050. The lowest BCUT2D eigenvalue weighted by molar-refractivity contribution is 0.0958. The summed E-state index contributed by atoms with van der Waals surface area (Å²) < 4.78 is 33.7. The van der Waals surface area contributed by atoms with Crippen LogP contribution in [0.2, 0.25) is 0 Å². The molecule has 0 bridgehead atoms. The smallest absolute Gasteiger partial charge is 0.254 e. The number of halogens is 2. The van der Waals surface area contributed by atoms with Gasteiger partial charge >= 0.3 is 0 Å². The number of hydrogen-bond acceptors (Lipinski definition) is 4. The summed E-state index contributed by atoms with van der Waals surface area (Å²) >= 11 is 0. The maximum Gasteiger partial charge on any atom is 0.254 e. The summed E-state index contributed by atoms with van der Waals surface area (Å²) in [5.41, 5.74) is 2.17. The van der Waals surface area contributed by atoms with Crippen LogP contribution in [0.4, 0.5) is 8.78 Å². The van der Waals surface area contributed by atoms with E-state index in [0.29, 0.717) is 34.7 Å². The molecule has 0 unspecified atom stereocenters. The van der Waals surface area contributed by atoms with Crippen molar-refractivity contribution in [3.8, 4) is 17.0 Å². The van der Waals surface area contributed by atoms with Crippen molar-refractivity contribution in [2.45, 2.75) is 19.4 Å². The summed E-state index contributed by atoms with van der Waals surface area (Å²) in [6, 6.07) is 8.44. The van der Waals surface area contributed by atoms with Crippen LogP contribution in [0.3, 0.4) is 0 Å². The molecule has 142 valence electrons. The quantitative estimate of drug-likeness (QED) is 0.746. The van der Waals surface area contributed by atoms with E-state index in [0.717, 1.165) is 0 Å². The highest BCUT2D eigenvalue weighted by Crippen LogP contribution is 2.33. The monoisotopic (exact) mass is 381 g/mol. The van der Waals surface area contributed by atoms with Crippen LogP contribution in [0.1, 0.15) is 40.3 Å². The average molecular weight is 381 g/mol. The van der Waals surface area contributed by atoms with E-state index in [1.54, 1.807) is 38.4 Å². The minimum Gasteiger partial charge on any atom is -0.495 e. The topological polar surface area (TPSA) is 64.1 Å². The van der Waals surface area contributed by atoms with Crippen molar-refractivity contribution in [2.75, 3.05) is 7.11 Å². The maximum atomic E-state index is 14.3. The van der Waals surface area contributed by atoms with Crippen LogP contribution in [0.15, 0.2) is 42.6 Å². The van der Waals surface area contributed by atoms with Gasteiger partial charge in [0.05, 0.1) is 41.9 Å². The standard InChI is InChI=1S/C21H17F2N3O2/c1-11-20-18(21(27)25-11)12(8-13-6-7-14(28-2)10-24-13)9-17(26-20)19-15(22)4-3-5-16(19)23/h3-7,9-11H,8H2,1-2H3,(H,25,27)/t11-/m1/s1. The first-order valence-corrected chi connectivity index (χ1v) is 8.76. The molecule has 2 aromatic heterocycles. The number of carbonyl (C=O) groups excluding carboxylic acids is 1. The highest BCUT2D eigenvalue weighted by molar-refractivity contribution is 6.00. The number of methoxy groups -OCH3 is 1. The van der Waals surface area contributed by atoms with Gasteiger partial charge in [0, 0.05) is 12.1 Å². The Morgan fingerprint density at radius 3 is 2.54 bits per heavy atom. The molecule has 3 heterocycles. The van der Waals surface area contributed by atoms with Gasteiger partial charge in [-0.15, -0.1) is 0 Å². The number of pyridine rings is 2. The molecule has 1 amide bonds. The van der Waals surface area contributed by atoms with Crippen molar-refractivity contribution < 1.29 is 18.3 Å². The second-order valence-electron chi connectivity index (χ2n) is 6.58. The zero-order chi connectivity index (χ0) is 19.8. The minimum absolute atomic E-state index is 0.154. The number of hydrogen-bond donors (Lipinski definition) is 1. The second-order valence-corrected chi connectivity index (χ2v) is 6.58. The lowest BCUT2D eigenvalue weighted by Gasteiger charge is -2.12. The first kappa shape index (κ1) is 18.0. The Hall–Kier alpha value is -3.35. The van der Waals surface area contributed by atoms with Gasteiger partial charge in [0.2, 0.25) is 0 Å².